The quantitative estimate of drug-likeness (QED) is 0.249. The summed E-state index contributed by atoms with van der Waals surface area (Å²) in [4.78, 5) is 30.8. The van der Waals surface area contributed by atoms with Gasteiger partial charge in [0.05, 0.1) is 25.5 Å². The number of carbonyl (C=O) groups is 1. The Labute approximate surface area is 266 Å². The Morgan fingerprint density at radius 1 is 1.11 bits per heavy atom. The van der Waals surface area contributed by atoms with Gasteiger partial charge in [0.25, 0.3) is 0 Å². The van der Waals surface area contributed by atoms with Crippen molar-refractivity contribution >= 4 is 23.6 Å². The molecule has 0 spiro atoms. The lowest BCUT2D eigenvalue weighted by Gasteiger charge is -2.36. The molecule has 1 unspecified atom stereocenters. The lowest BCUT2D eigenvalue weighted by atomic mass is 9.90. The van der Waals surface area contributed by atoms with Crippen molar-refractivity contribution in [2.24, 2.45) is 7.05 Å². The van der Waals surface area contributed by atoms with E-state index in [1.807, 2.05) is 55.7 Å². The number of aryl methyl sites for hydroxylation is 1. The standard InChI is InChI=1S/C33H37FN10O2/c1-42-20-26(19-39-42)24-7-12-29(36-17-24)44(32(46)38-16-23-5-3-2-4-6-23)28-10-8-27(9-11-28)40-31-37-18-25(15-35)30(41-31)43-14-13-33(34,21-43)22-45/h2-7,12,17-20,27-28,45H,8-11,13-14,16,21-22H2,1H3,(H,38,46)(H,37,40,41). The molecule has 1 atom stereocenters. The fraction of sp³-hybridized carbons (Fsp3) is 0.394. The van der Waals surface area contributed by atoms with Gasteiger partial charge in [0.2, 0.25) is 5.95 Å². The lowest BCUT2D eigenvalue weighted by molar-refractivity contribution is 0.0909. The maximum atomic E-state index is 14.7. The summed E-state index contributed by atoms with van der Waals surface area (Å²) in [5.41, 5.74) is 1.42. The van der Waals surface area contributed by atoms with Crippen LogP contribution in [0.4, 0.5) is 26.8 Å². The molecule has 6 rings (SSSR count). The highest BCUT2D eigenvalue weighted by atomic mass is 19.1. The summed E-state index contributed by atoms with van der Waals surface area (Å²) < 4.78 is 16.5. The summed E-state index contributed by atoms with van der Waals surface area (Å²) in [7, 11) is 1.86. The highest BCUT2D eigenvalue weighted by Crippen LogP contribution is 2.32. The molecular weight excluding hydrogens is 587 g/mol. The van der Waals surface area contributed by atoms with Crippen LogP contribution in [0, 0.1) is 11.3 Å². The number of rotatable bonds is 9. The number of nitrogens with zero attached hydrogens (tertiary/aromatic N) is 8. The molecule has 4 heterocycles. The molecule has 1 saturated heterocycles. The molecule has 1 aromatic carbocycles. The fourth-order valence-electron chi connectivity index (χ4n) is 6.15. The molecule has 1 aliphatic carbocycles. The first kappa shape index (κ1) is 30.9. The lowest BCUT2D eigenvalue weighted by Crippen LogP contribution is -2.49. The van der Waals surface area contributed by atoms with Crippen molar-refractivity contribution < 1.29 is 14.3 Å². The number of aliphatic hydroxyl groups is 1. The molecule has 4 aromatic rings. The monoisotopic (exact) mass is 624 g/mol. The minimum atomic E-state index is -1.71. The van der Waals surface area contributed by atoms with Crippen LogP contribution in [0.1, 0.15) is 43.2 Å². The number of amides is 2. The maximum absolute atomic E-state index is 14.7. The van der Waals surface area contributed by atoms with Gasteiger partial charge in [-0.1, -0.05) is 30.3 Å². The van der Waals surface area contributed by atoms with Crippen LogP contribution in [0.15, 0.2) is 67.3 Å². The number of nitrogens with one attached hydrogen (secondary N) is 2. The number of carbonyl (C=O) groups excluding carboxylic acids is 1. The first-order valence-electron chi connectivity index (χ1n) is 15.5. The molecule has 46 heavy (non-hydrogen) atoms. The zero-order valence-electron chi connectivity index (χ0n) is 25.7. The Balaban J connectivity index is 1.15. The first-order chi connectivity index (χ1) is 22.3. The minimum absolute atomic E-state index is 0.0286. The van der Waals surface area contributed by atoms with E-state index < -0.39 is 12.3 Å². The summed E-state index contributed by atoms with van der Waals surface area (Å²) in [5.74, 6) is 1.30. The number of nitriles is 1. The summed E-state index contributed by atoms with van der Waals surface area (Å²) in [6.45, 7) is 0.153. The molecule has 12 nitrogen and oxygen atoms in total. The molecule has 3 N–H and O–H groups in total. The number of aliphatic hydroxyl groups excluding tert-OH is 1. The summed E-state index contributed by atoms with van der Waals surface area (Å²) in [6, 6.07) is 15.5. The van der Waals surface area contributed by atoms with Crippen molar-refractivity contribution in [1.82, 2.24) is 30.0 Å². The van der Waals surface area contributed by atoms with Crippen LogP contribution in [0.25, 0.3) is 11.1 Å². The largest absolute Gasteiger partial charge is 0.393 e. The minimum Gasteiger partial charge on any atom is -0.393 e. The van der Waals surface area contributed by atoms with E-state index in [1.165, 1.54) is 6.20 Å². The van der Waals surface area contributed by atoms with Crippen LogP contribution in [0.2, 0.25) is 0 Å². The van der Waals surface area contributed by atoms with Crippen molar-refractivity contribution in [2.45, 2.75) is 56.4 Å². The molecule has 0 bridgehead atoms. The molecule has 2 aliphatic rings. The number of pyridine rings is 1. The molecule has 0 radical (unpaired) electrons. The molecule has 13 heteroatoms. The zero-order valence-corrected chi connectivity index (χ0v) is 25.7. The number of hydrogen-bond acceptors (Lipinski definition) is 9. The number of hydrogen-bond donors (Lipinski definition) is 3. The second kappa shape index (κ2) is 13.5. The second-order valence-electron chi connectivity index (χ2n) is 12.0. The number of anilines is 3. The zero-order chi connectivity index (χ0) is 32.1. The van der Waals surface area contributed by atoms with Crippen LogP contribution >= 0.6 is 0 Å². The van der Waals surface area contributed by atoms with E-state index in [-0.39, 0.29) is 36.6 Å². The predicted octanol–water partition coefficient (Wildman–Crippen LogP) is 4.19. The first-order valence-corrected chi connectivity index (χ1v) is 15.5. The van der Waals surface area contributed by atoms with Gasteiger partial charge in [0.15, 0.2) is 11.5 Å². The molecule has 238 valence electrons. The van der Waals surface area contributed by atoms with E-state index in [9.17, 15) is 19.6 Å². The van der Waals surface area contributed by atoms with Gasteiger partial charge in [-0.15, -0.1) is 0 Å². The van der Waals surface area contributed by atoms with Crippen molar-refractivity contribution in [2.75, 3.05) is 34.8 Å². The van der Waals surface area contributed by atoms with Crippen LogP contribution in [-0.4, -0.2) is 73.3 Å². The van der Waals surface area contributed by atoms with E-state index >= 15 is 0 Å². The number of alkyl halides is 1. The Morgan fingerprint density at radius 3 is 2.57 bits per heavy atom. The number of urea groups is 1. The number of benzene rings is 1. The van der Waals surface area contributed by atoms with E-state index in [4.69, 9.17) is 4.98 Å². The molecule has 1 saturated carbocycles. The average molecular weight is 625 g/mol. The van der Waals surface area contributed by atoms with Crippen LogP contribution in [0.3, 0.4) is 0 Å². The normalized spacial score (nSPS) is 21.0. The van der Waals surface area contributed by atoms with Gasteiger partial charge in [-0.2, -0.15) is 15.3 Å². The smallest absolute Gasteiger partial charge is 0.323 e. The summed E-state index contributed by atoms with van der Waals surface area (Å²) in [5, 5.41) is 29.8. The number of aromatic nitrogens is 5. The van der Waals surface area contributed by atoms with Gasteiger partial charge in [-0.3, -0.25) is 9.58 Å². The highest BCUT2D eigenvalue weighted by Gasteiger charge is 2.39. The topological polar surface area (TPSA) is 148 Å². The van der Waals surface area contributed by atoms with Crippen molar-refractivity contribution in [3.8, 4) is 17.2 Å². The Hall–Kier alpha value is -5.09. The highest BCUT2D eigenvalue weighted by molar-refractivity contribution is 5.91. The SMILES string of the molecule is Cn1cc(-c2ccc(N(C(=O)NCc3ccccc3)C3CCC(Nc4ncc(C#N)c(N5CCC(F)(CO)C5)n4)CC3)nc2)cn1. The van der Waals surface area contributed by atoms with Gasteiger partial charge >= 0.3 is 6.03 Å². The van der Waals surface area contributed by atoms with E-state index in [2.05, 4.69) is 31.8 Å². The maximum Gasteiger partial charge on any atom is 0.323 e. The molecular formula is C33H37FN10O2. The Bertz CT molecular complexity index is 1680. The van der Waals surface area contributed by atoms with Gasteiger partial charge in [0.1, 0.15) is 17.5 Å². The van der Waals surface area contributed by atoms with Gasteiger partial charge < -0.3 is 20.6 Å². The molecule has 3 aromatic heterocycles. The van der Waals surface area contributed by atoms with Crippen LogP contribution in [-0.2, 0) is 13.6 Å². The van der Waals surface area contributed by atoms with E-state index in [1.54, 1.807) is 26.9 Å². The summed E-state index contributed by atoms with van der Waals surface area (Å²) in [6.07, 6.45) is 10.0. The van der Waals surface area contributed by atoms with Crippen LogP contribution in [0.5, 0.6) is 0 Å². The fourth-order valence-corrected chi connectivity index (χ4v) is 6.15. The van der Waals surface area contributed by atoms with Crippen molar-refractivity contribution in [1.29, 1.82) is 5.26 Å². The Morgan fingerprint density at radius 2 is 1.91 bits per heavy atom. The van der Waals surface area contributed by atoms with E-state index in [0.717, 1.165) is 42.4 Å². The summed E-state index contributed by atoms with van der Waals surface area (Å²) >= 11 is 0. The third kappa shape index (κ3) is 6.92. The predicted molar refractivity (Wildman–Crippen MR) is 172 cm³/mol. The van der Waals surface area contributed by atoms with E-state index in [0.29, 0.717) is 30.7 Å². The van der Waals surface area contributed by atoms with Crippen LogP contribution < -0.4 is 20.4 Å². The third-order valence-corrected chi connectivity index (χ3v) is 8.71. The van der Waals surface area contributed by atoms with Gasteiger partial charge in [0, 0.05) is 62.2 Å². The number of halogens is 1. The van der Waals surface area contributed by atoms with Crippen molar-refractivity contribution in [3.63, 3.8) is 0 Å². The van der Waals surface area contributed by atoms with Crippen molar-refractivity contribution in [3.05, 3.63) is 78.4 Å². The molecule has 1 aliphatic heterocycles. The average Bonchev–Trinajstić information content (AvgIpc) is 3.71. The van der Waals surface area contributed by atoms with Gasteiger partial charge in [-0.05, 0) is 43.4 Å². The second-order valence-corrected chi connectivity index (χ2v) is 12.0. The van der Waals surface area contributed by atoms with Gasteiger partial charge in [-0.25, -0.2) is 19.2 Å². The molecule has 2 fully saturated rings. The molecule has 2 amide bonds. The Kier molecular flexibility index (Phi) is 9.07. The third-order valence-electron chi connectivity index (χ3n) is 8.71.